The van der Waals surface area contributed by atoms with E-state index in [1.165, 1.54) is 5.56 Å². The lowest BCUT2D eigenvalue weighted by molar-refractivity contribution is 0.431. The van der Waals surface area contributed by atoms with Crippen molar-refractivity contribution in [2.24, 2.45) is 0 Å². The van der Waals surface area contributed by atoms with Crippen LogP contribution in [0.3, 0.4) is 0 Å². The van der Waals surface area contributed by atoms with Crippen molar-refractivity contribution in [3.05, 3.63) is 36.2 Å². The SMILES string of the molecule is CC(C)(C)c1ccc(-c2ccno2)nc1. The van der Waals surface area contributed by atoms with Gasteiger partial charge in [0.05, 0.1) is 6.20 Å². The molecule has 2 rings (SSSR count). The average molecular weight is 202 g/mol. The van der Waals surface area contributed by atoms with Crippen LogP contribution in [0.5, 0.6) is 0 Å². The average Bonchev–Trinajstić information content (AvgIpc) is 2.69. The van der Waals surface area contributed by atoms with Gasteiger partial charge in [-0.25, -0.2) is 0 Å². The Bertz CT molecular complexity index is 424. The Morgan fingerprint density at radius 2 is 1.93 bits per heavy atom. The molecule has 0 spiro atoms. The summed E-state index contributed by atoms with van der Waals surface area (Å²) in [6.45, 7) is 6.49. The van der Waals surface area contributed by atoms with E-state index >= 15 is 0 Å². The Labute approximate surface area is 89.1 Å². The molecule has 78 valence electrons. The maximum Gasteiger partial charge on any atom is 0.185 e. The Hall–Kier alpha value is -1.64. The van der Waals surface area contributed by atoms with Crippen LogP contribution < -0.4 is 0 Å². The van der Waals surface area contributed by atoms with E-state index < -0.39 is 0 Å². The normalized spacial score (nSPS) is 11.7. The molecule has 0 saturated carbocycles. The Kier molecular flexibility index (Phi) is 2.31. The molecule has 0 atom stereocenters. The van der Waals surface area contributed by atoms with Crippen LogP contribution in [0.1, 0.15) is 26.3 Å². The minimum absolute atomic E-state index is 0.132. The summed E-state index contributed by atoms with van der Waals surface area (Å²) in [6.07, 6.45) is 3.51. The van der Waals surface area contributed by atoms with Crippen molar-refractivity contribution < 1.29 is 4.52 Å². The highest BCUT2D eigenvalue weighted by molar-refractivity contribution is 5.51. The Morgan fingerprint density at radius 1 is 1.13 bits per heavy atom. The van der Waals surface area contributed by atoms with Gasteiger partial charge < -0.3 is 4.52 Å². The molecule has 0 unspecified atom stereocenters. The number of hydrogen-bond donors (Lipinski definition) is 0. The third-order valence-electron chi connectivity index (χ3n) is 2.32. The molecule has 0 saturated heterocycles. The van der Waals surface area contributed by atoms with Crippen LogP contribution >= 0.6 is 0 Å². The molecule has 2 aromatic heterocycles. The number of nitrogens with zero attached hydrogens (tertiary/aromatic N) is 2. The van der Waals surface area contributed by atoms with Crippen molar-refractivity contribution in [1.82, 2.24) is 10.1 Å². The summed E-state index contributed by atoms with van der Waals surface area (Å²) in [7, 11) is 0. The summed E-state index contributed by atoms with van der Waals surface area (Å²) in [6, 6.07) is 5.84. The topological polar surface area (TPSA) is 38.9 Å². The van der Waals surface area contributed by atoms with Crippen LogP contribution in [0.25, 0.3) is 11.5 Å². The van der Waals surface area contributed by atoms with Gasteiger partial charge in [0.1, 0.15) is 5.69 Å². The van der Waals surface area contributed by atoms with Crippen molar-refractivity contribution in [2.75, 3.05) is 0 Å². The maximum atomic E-state index is 5.03. The van der Waals surface area contributed by atoms with Crippen molar-refractivity contribution in [3.8, 4) is 11.5 Å². The van der Waals surface area contributed by atoms with Gasteiger partial charge in [0.15, 0.2) is 5.76 Å². The second-order valence-electron chi connectivity index (χ2n) is 4.56. The molecule has 0 amide bonds. The van der Waals surface area contributed by atoms with Crippen molar-refractivity contribution in [2.45, 2.75) is 26.2 Å². The molecule has 3 heteroatoms. The number of aromatic nitrogens is 2. The van der Waals surface area contributed by atoms with Crippen LogP contribution in [0.15, 0.2) is 35.1 Å². The first-order valence-electron chi connectivity index (χ1n) is 4.95. The fourth-order valence-electron chi connectivity index (χ4n) is 1.33. The first kappa shape index (κ1) is 9.90. The zero-order valence-corrected chi connectivity index (χ0v) is 9.19. The lowest BCUT2D eigenvalue weighted by Gasteiger charge is -2.18. The van der Waals surface area contributed by atoms with E-state index in [-0.39, 0.29) is 5.41 Å². The smallest absolute Gasteiger partial charge is 0.185 e. The third kappa shape index (κ3) is 2.06. The highest BCUT2D eigenvalue weighted by Gasteiger charge is 2.14. The Morgan fingerprint density at radius 3 is 2.40 bits per heavy atom. The number of hydrogen-bond acceptors (Lipinski definition) is 3. The molecule has 3 nitrogen and oxygen atoms in total. The van der Waals surface area contributed by atoms with Gasteiger partial charge in [0.2, 0.25) is 0 Å². The summed E-state index contributed by atoms with van der Waals surface area (Å²) in [5.74, 6) is 0.704. The molecular weight excluding hydrogens is 188 g/mol. The van der Waals surface area contributed by atoms with E-state index in [1.807, 2.05) is 12.3 Å². The highest BCUT2D eigenvalue weighted by Crippen LogP contribution is 2.23. The van der Waals surface area contributed by atoms with Crippen molar-refractivity contribution >= 4 is 0 Å². The number of rotatable bonds is 1. The standard InChI is InChI=1S/C12H14N2O/c1-12(2,3)9-4-5-10(13-8-9)11-6-7-14-15-11/h4-8H,1-3H3. The maximum absolute atomic E-state index is 5.03. The quantitative estimate of drug-likeness (QED) is 0.713. The molecule has 15 heavy (non-hydrogen) atoms. The van der Waals surface area contributed by atoms with Gasteiger partial charge in [0.25, 0.3) is 0 Å². The van der Waals surface area contributed by atoms with Crippen LogP contribution in [0.2, 0.25) is 0 Å². The van der Waals surface area contributed by atoms with E-state index in [0.29, 0.717) is 5.76 Å². The van der Waals surface area contributed by atoms with Gasteiger partial charge in [-0.1, -0.05) is 32.0 Å². The first-order chi connectivity index (χ1) is 7.07. The summed E-state index contributed by atoms with van der Waals surface area (Å²) in [5.41, 5.74) is 2.17. The monoisotopic (exact) mass is 202 g/mol. The van der Waals surface area contributed by atoms with E-state index in [9.17, 15) is 0 Å². The lowest BCUT2D eigenvalue weighted by Crippen LogP contribution is -2.11. The zero-order valence-electron chi connectivity index (χ0n) is 9.19. The minimum atomic E-state index is 0.132. The van der Waals surface area contributed by atoms with Gasteiger partial charge in [-0.05, 0) is 17.0 Å². The molecule has 0 fully saturated rings. The lowest BCUT2D eigenvalue weighted by atomic mass is 9.88. The molecule has 0 N–H and O–H groups in total. The van der Waals surface area contributed by atoms with Gasteiger partial charge in [-0.15, -0.1) is 0 Å². The largest absolute Gasteiger partial charge is 0.355 e. The molecule has 0 aromatic carbocycles. The fourth-order valence-corrected chi connectivity index (χ4v) is 1.33. The molecule has 0 aliphatic rings. The molecule has 2 aromatic rings. The number of pyridine rings is 1. The summed E-state index contributed by atoms with van der Waals surface area (Å²) in [4.78, 5) is 4.35. The fraction of sp³-hybridized carbons (Fsp3) is 0.333. The highest BCUT2D eigenvalue weighted by atomic mass is 16.5. The summed E-state index contributed by atoms with van der Waals surface area (Å²) in [5, 5.41) is 3.65. The van der Waals surface area contributed by atoms with Crippen molar-refractivity contribution in [3.63, 3.8) is 0 Å². The molecule has 0 aliphatic heterocycles. The van der Waals surface area contributed by atoms with Crippen LogP contribution in [0, 0.1) is 0 Å². The van der Waals surface area contributed by atoms with Gasteiger partial charge in [-0.2, -0.15) is 0 Å². The second kappa shape index (κ2) is 3.50. The summed E-state index contributed by atoms with van der Waals surface area (Å²) >= 11 is 0. The van der Waals surface area contributed by atoms with E-state index in [0.717, 1.165) is 5.69 Å². The van der Waals surface area contributed by atoms with E-state index in [2.05, 4.69) is 37.0 Å². The van der Waals surface area contributed by atoms with Crippen LogP contribution in [0.4, 0.5) is 0 Å². The van der Waals surface area contributed by atoms with E-state index in [4.69, 9.17) is 4.52 Å². The van der Waals surface area contributed by atoms with Gasteiger partial charge in [0, 0.05) is 12.3 Å². The predicted molar refractivity (Wildman–Crippen MR) is 58.4 cm³/mol. The van der Waals surface area contributed by atoms with Crippen molar-refractivity contribution in [1.29, 1.82) is 0 Å². The van der Waals surface area contributed by atoms with Crippen LogP contribution in [-0.4, -0.2) is 10.1 Å². The molecule has 0 aliphatic carbocycles. The summed E-state index contributed by atoms with van der Waals surface area (Å²) < 4.78 is 5.03. The molecule has 2 heterocycles. The zero-order chi connectivity index (χ0) is 10.9. The van der Waals surface area contributed by atoms with Gasteiger partial charge >= 0.3 is 0 Å². The third-order valence-corrected chi connectivity index (χ3v) is 2.32. The molecular formula is C12H14N2O. The molecule has 0 bridgehead atoms. The van der Waals surface area contributed by atoms with Crippen LogP contribution in [-0.2, 0) is 5.41 Å². The second-order valence-corrected chi connectivity index (χ2v) is 4.56. The molecule has 0 radical (unpaired) electrons. The Balaban J connectivity index is 2.33. The van der Waals surface area contributed by atoms with Gasteiger partial charge in [-0.3, -0.25) is 4.98 Å². The predicted octanol–water partition coefficient (Wildman–Crippen LogP) is 3.03. The minimum Gasteiger partial charge on any atom is -0.355 e. The van der Waals surface area contributed by atoms with E-state index in [1.54, 1.807) is 12.3 Å². The first-order valence-corrected chi connectivity index (χ1v) is 4.95.